The van der Waals surface area contributed by atoms with Crippen molar-refractivity contribution in [3.8, 4) is 11.5 Å². The minimum absolute atomic E-state index is 0. The fraction of sp³-hybridized carbons (Fsp3) is 0.304. The Balaban J connectivity index is 0.00000136. The van der Waals surface area contributed by atoms with Crippen LogP contribution in [0, 0.1) is 0 Å². The van der Waals surface area contributed by atoms with Crippen molar-refractivity contribution < 1.29 is 0 Å². The van der Waals surface area contributed by atoms with E-state index < -0.39 is 0 Å². The zero-order chi connectivity index (χ0) is 20.0. The van der Waals surface area contributed by atoms with Gasteiger partial charge in [-0.25, -0.2) is 9.97 Å². The summed E-state index contributed by atoms with van der Waals surface area (Å²) >= 11 is 0. The number of hydrogen-bond donors (Lipinski definition) is 0. The number of nitrogens with zero attached hydrogens (tertiary/aromatic N) is 6. The van der Waals surface area contributed by atoms with Crippen LogP contribution in [0.5, 0.6) is 0 Å². The predicted octanol–water partition coefficient (Wildman–Crippen LogP) is 5.34. The van der Waals surface area contributed by atoms with Crippen LogP contribution in [0.15, 0.2) is 54.7 Å². The highest BCUT2D eigenvalue weighted by atomic mass is 79.9. The lowest BCUT2D eigenvalue weighted by atomic mass is 10.3. The number of rotatable bonds is 6. The summed E-state index contributed by atoms with van der Waals surface area (Å²) < 4.78 is 6.66. The lowest BCUT2D eigenvalue weighted by molar-refractivity contribution is 0.293. The second kappa shape index (κ2) is 9.54. The summed E-state index contributed by atoms with van der Waals surface area (Å²) in [4.78, 5) is 12.3. The molecule has 0 amide bonds. The van der Waals surface area contributed by atoms with Gasteiger partial charge in [-0.1, -0.05) is 38.1 Å². The Bertz CT molecular complexity index is 1310. The SMILES string of the molecule is Br.Br.CCN(CC)CCn1c2ccccc2n2cc(-c3nc4ccccc4n3C)nc12. The number of imidazole rings is 3. The molecule has 3 heterocycles. The van der Waals surface area contributed by atoms with E-state index in [1.54, 1.807) is 0 Å². The molecule has 0 N–H and O–H groups in total. The van der Waals surface area contributed by atoms with Crippen molar-refractivity contribution in [3.05, 3.63) is 54.7 Å². The third-order valence-electron chi connectivity index (χ3n) is 5.91. The van der Waals surface area contributed by atoms with Gasteiger partial charge >= 0.3 is 0 Å². The van der Waals surface area contributed by atoms with Gasteiger partial charge < -0.3 is 14.0 Å². The van der Waals surface area contributed by atoms with Crippen molar-refractivity contribution in [1.29, 1.82) is 0 Å². The molecule has 0 aliphatic carbocycles. The number of para-hydroxylation sites is 4. The van der Waals surface area contributed by atoms with Crippen molar-refractivity contribution in [2.45, 2.75) is 20.4 Å². The molecule has 5 rings (SSSR count). The summed E-state index contributed by atoms with van der Waals surface area (Å²) in [7, 11) is 2.06. The minimum Gasteiger partial charge on any atom is -0.326 e. The monoisotopic (exact) mass is 546 g/mol. The highest BCUT2D eigenvalue weighted by Crippen LogP contribution is 2.27. The van der Waals surface area contributed by atoms with Crippen LogP contribution >= 0.6 is 34.0 Å². The van der Waals surface area contributed by atoms with E-state index >= 15 is 0 Å². The first-order valence-electron chi connectivity index (χ1n) is 10.3. The van der Waals surface area contributed by atoms with Crippen molar-refractivity contribution in [2.24, 2.45) is 7.05 Å². The highest BCUT2D eigenvalue weighted by Gasteiger charge is 2.18. The molecular weight excluding hydrogens is 520 g/mol. The summed E-state index contributed by atoms with van der Waals surface area (Å²) in [5, 5.41) is 0. The van der Waals surface area contributed by atoms with E-state index in [1.807, 2.05) is 18.2 Å². The first-order valence-corrected chi connectivity index (χ1v) is 10.3. The Hall–Kier alpha value is -2.16. The van der Waals surface area contributed by atoms with Crippen LogP contribution in [0.1, 0.15) is 13.8 Å². The van der Waals surface area contributed by atoms with Crippen molar-refractivity contribution >= 4 is 61.8 Å². The maximum atomic E-state index is 5.03. The lowest BCUT2D eigenvalue weighted by Gasteiger charge is -2.18. The second-order valence-corrected chi connectivity index (χ2v) is 7.45. The zero-order valence-electron chi connectivity index (χ0n) is 18.0. The number of halogens is 2. The fourth-order valence-electron chi connectivity index (χ4n) is 4.23. The average molecular weight is 548 g/mol. The van der Waals surface area contributed by atoms with Gasteiger partial charge in [-0.2, -0.15) is 0 Å². The maximum Gasteiger partial charge on any atom is 0.215 e. The van der Waals surface area contributed by atoms with E-state index in [1.165, 1.54) is 11.0 Å². The van der Waals surface area contributed by atoms with Crippen LogP contribution in [0.3, 0.4) is 0 Å². The molecule has 0 atom stereocenters. The normalized spacial score (nSPS) is 11.4. The van der Waals surface area contributed by atoms with Crippen molar-refractivity contribution in [3.63, 3.8) is 0 Å². The smallest absolute Gasteiger partial charge is 0.215 e. The third kappa shape index (κ3) is 3.92. The van der Waals surface area contributed by atoms with E-state index in [2.05, 4.69) is 75.9 Å². The van der Waals surface area contributed by atoms with Gasteiger partial charge in [-0.15, -0.1) is 34.0 Å². The molecule has 0 aliphatic heterocycles. The van der Waals surface area contributed by atoms with Crippen LogP contribution in [0.25, 0.3) is 39.4 Å². The van der Waals surface area contributed by atoms with Crippen LogP contribution < -0.4 is 0 Å². The molecule has 0 saturated carbocycles. The van der Waals surface area contributed by atoms with Gasteiger partial charge in [0.05, 0.1) is 22.1 Å². The van der Waals surface area contributed by atoms with E-state index in [9.17, 15) is 0 Å². The Kier molecular flexibility index (Phi) is 7.24. The molecule has 3 aromatic heterocycles. The summed E-state index contributed by atoms with van der Waals surface area (Å²) in [5.74, 6) is 1.87. The van der Waals surface area contributed by atoms with Crippen LogP contribution in [-0.4, -0.2) is 48.0 Å². The molecule has 164 valence electrons. The van der Waals surface area contributed by atoms with Gasteiger partial charge in [0, 0.05) is 26.3 Å². The van der Waals surface area contributed by atoms with E-state index in [0.29, 0.717) is 0 Å². The molecule has 0 spiro atoms. The van der Waals surface area contributed by atoms with Crippen molar-refractivity contribution in [2.75, 3.05) is 19.6 Å². The molecule has 5 aromatic rings. The summed E-state index contributed by atoms with van der Waals surface area (Å²) in [5.41, 5.74) is 5.42. The molecule has 0 bridgehead atoms. The summed E-state index contributed by atoms with van der Waals surface area (Å²) in [6.07, 6.45) is 2.12. The minimum atomic E-state index is 0. The maximum absolute atomic E-state index is 5.03. The molecule has 0 aliphatic rings. The molecule has 31 heavy (non-hydrogen) atoms. The number of hydrogen-bond acceptors (Lipinski definition) is 3. The van der Waals surface area contributed by atoms with Gasteiger partial charge in [0.1, 0.15) is 5.69 Å². The van der Waals surface area contributed by atoms with E-state index in [0.717, 1.165) is 54.5 Å². The number of aromatic nitrogens is 5. The lowest BCUT2D eigenvalue weighted by Crippen LogP contribution is -2.27. The first-order chi connectivity index (χ1) is 14.2. The quantitative estimate of drug-likeness (QED) is 0.288. The van der Waals surface area contributed by atoms with Crippen LogP contribution in [0.4, 0.5) is 0 Å². The Morgan fingerprint density at radius 3 is 2.16 bits per heavy atom. The van der Waals surface area contributed by atoms with Crippen LogP contribution in [-0.2, 0) is 13.6 Å². The molecule has 8 heteroatoms. The second-order valence-electron chi connectivity index (χ2n) is 7.45. The predicted molar refractivity (Wildman–Crippen MR) is 139 cm³/mol. The van der Waals surface area contributed by atoms with E-state index in [-0.39, 0.29) is 34.0 Å². The molecule has 0 saturated heterocycles. The van der Waals surface area contributed by atoms with Crippen molar-refractivity contribution in [1.82, 2.24) is 28.4 Å². The standard InChI is InChI=1S/C23H26N6.2BrH/c1-4-27(5-2)14-15-28-20-12-8-9-13-21(20)29-16-18(25-23(28)29)22-24-17-10-6-7-11-19(17)26(22)3;;/h6-13,16H,4-5,14-15H2,1-3H3;2*1H. The molecule has 2 aromatic carbocycles. The topological polar surface area (TPSA) is 43.3 Å². The van der Waals surface area contributed by atoms with Gasteiger partial charge in [0.15, 0.2) is 5.82 Å². The number of fused-ring (bicyclic) bond motifs is 4. The third-order valence-corrected chi connectivity index (χ3v) is 5.91. The first kappa shape index (κ1) is 23.5. The van der Waals surface area contributed by atoms with Crippen LogP contribution in [0.2, 0.25) is 0 Å². The number of benzene rings is 2. The number of likely N-dealkylation sites (N-methyl/N-ethyl adjacent to an activating group) is 1. The van der Waals surface area contributed by atoms with Gasteiger partial charge in [0.2, 0.25) is 5.78 Å². The fourth-order valence-corrected chi connectivity index (χ4v) is 4.23. The molecule has 0 unspecified atom stereocenters. The largest absolute Gasteiger partial charge is 0.326 e. The summed E-state index contributed by atoms with van der Waals surface area (Å²) in [6, 6.07) is 16.8. The van der Waals surface area contributed by atoms with Gasteiger partial charge in [0.25, 0.3) is 0 Å². The Morgan fingerprint density at radius 1 is 0.839 bits per heavy atom. The Labute approximate surface area is 203 Å². The molecule has 0 fully saturated rings. The zero-order valence-corrected chi connectivity index (χ0v) is 21.5. The molecule has 0 radical (unpaired) electrons. The average Bonchev–Trinajstić information content (AvgIpc) is 3.40. The molecule has 6 nitrogen and oxygen atoms in total. The van der Waals surface area contributed by atoms with Gasteiger partial charge in [-0.05, 0) is 37.4 Å². The summed E-state index contributed by atoms with van der Waals surface area (Å²) in [6.45, 7) is 8.48. The van der Waals surface area contributed by atoms with Gasteiger partial charge in [-0.3, -0.25) is 4.40 Å². The molecular formula is C23H28Br2N6. The van der Waals surface area contributed by atoms with E-state index in [4.69, 9.17) is 9.97 Å². The number of aryl methyl sites for hydroxylation is 1. The highest BCUT2D eigenvalue weighted by molar-refractivity contribution is 8.93. The Morgan fingerprint density at radius 2 is 1.48 bits per heavy atom.